The number of benzene rings is 3. The summed E-state index contributed by atoms with van der Waals surface area (Å²) >= 11 is 0. The standard InChI is InChI=1S/C32H34FN/c1-24(30-5-3-2-4-6-30)21-27-12-7-25(8-13-27)9-14-28-18-20-31(32(33)22-28)19-17-26-10-15-29(23-34)16-11-26/h2-6,10-11,15-20,22,24-25,27H,7-9,12-14,21H2,1H3/t24-,25?,27?/m1/s1. The fourth-order valence-corrected chi connectivity index (χ4v) is 5.26. The number of aryl methyl sites for hydroxylation is 1. The monoisotopic (exact) mass is 451 g/mol. The molecule has 0 aliphatic heterocycles. The molecular formula is C32H34FN. The van der Waals surface area contributed by atoms with Gasteiger partial charge in [0.25, 0.3) is 0 Å². The zero-order chi connectivity index (χ0) is 23.8. The van der Waals surface area contributed by atoms with Crippen LogP contribution in [-0.2, 0) is 6.42 Å². The van der Waals surface area contributed by atoms with E-state index in [1.165, 1.54) is 37.7 Å². The van der Waals surface area contributed by atoms with Gasteiger partial charge in [0.05, 0.1) is 11.6 Å². The van der Waals surface area contributed by atoms with Crippen molar-refractivity contribution in [1.82, 2.24) is 0 Å². The van der Waals surface area contributed by atoms with Gasteiger partial charge in [-0.25, -0.2) is 4.39 Å². The van der Waals surface area contributed by atoms with Crippen molar-refractivity contribution in [3.8, 4) is 6.07 Å². The summed E-state index contributed by atoms with van der Waals surface area (Å²) < 4.78 is 14.7. The minimum absolute atomic E-state index is 0.166. The van der Waals surface area contributed by atoms with Gasteiger partial charge in [-0.3, -0.25) is 0 Å². The summed E-state index contributed by atoms with van der Waals surface area (Å²) in [6.45, 7) is 2.36. The molecule has 1 aliphatic rings. The van der Waals surface area contributed by atoms with E-state index in [1.54, 1.807) is 24.3 Å². The van der Waals surface area contributed by atoms with Crippen LogP contribution in [0.15, 0.2) is 72.8 Å². The van der Waals surface area contributed by atoms with Crippen LogP contribution in [0.1, 0.15) is 79.2 Å². The first kappa shape index (κ1) is 24.0. The summed E-state index contributed by atoms with van der Waals surface area (Å²) in [4.78, 5) is 0. The van der Waals surface area contributed by atoms with E-state index in [0.29, 0.717) is 17.0 Å². The Morgan fingerprint density at radius 3 is 2.29 bits per heavy atom. The first-order valence-corrected chi connectivity index (χ1v) is 12.6. The lowest BCUT2D eigenvalue weighted by Gasteiger charge is -2.30. The molecule has 4 rings (SSSR count). The Kier molecular flexibility index (Phi) is 8.31. The highest BCUT2D eigenvalue weighted by Gasteiger charge is 2.23. The fourth-order valence-electron chi connectivity index (χ4n) is 5.26. The molecule has 34 heavy (non-hydrogen) atoms. The lowest BCUT2D eigenvalue weighted by molar-refractivity contribution is 0.245. The van der Waals surface area contributed by atoms with Crippen LogP contribution in [0.4, 0.5) is 4.39 Å². The van der Waals surface area contributed by atoms with Crippen molar-refractivity contribution in [2.75, 3.05) is 0 Å². The van der Waals surface area contributed by atoms with Gasteiger partial charge in [0.2, 0.25) is 0 Å². The van der Waals surface area contributed by atoms with Crippen LogP contribution in [0.3, 0.4) is 0 Å². The number of nitriles is 1. The van der Waals surface area contributed by atoms with Gasteiger partial charge in [0, 0.05) is 5.56 Å². The molecule has 0 bridgehead atoms. The Bertz CT molecular complexity index is 1120. The normalized spacial score (nSPS) is 19.1. The smallest absolute Gasteiger partial charge is 0.130 e. The highest BCUT2D eigenvalue weighted by molar-refractivity contribution is 5.70. The van der Waals surface area contributed by atoms with Crippen molar-refractivity contribution in [3.63, 3.8) is 0 Å². The Hall–Kier alpha value is -3.18. The average Bonchev–Trinajstić information content (AvgIpc) is 2.88. The topological polar surface area (TPSA) is 23.8 Å². The fraction of sp³-hybridized carbons (Fsp3) is 0.344. The summed E-state index contributed by atoms with van der Waals surface area (Å²) in [6.07, 6.45) is 12.4. The quantitative estimate of drug-likeness (QED) is 0.314. The molecule has 0 heterocycles. The number of hydrogen-bond donors (Lipinski definition) is 0. The number of rotatable bonds is 8. The second-order valence-corrected chi connectivity index (χ2v) is 9.90. The van der Waals surface area contributed by atoms with Gasteiger partial charge in [0.1, 0.15) is 5.82 Å². The molecule has 1 nitrogen and oxygen atoms in total. The minimum Gasteiger partial charge on any atom is -0.206 e. The van der Waals surface area contributed by atoms with Crippen molar-refractivity contribution in [3.05, 3.63) is 106 Å². The highest BCUT2D eigenvalue weighted by Crippen LogP contribution is 2.37. The van der Waals surface area contributed by atoms with Gasteiger partial charge in [-0.05, 0) is 71.9 Å². The molecule has 3 aromatic carbocycles. The van der Waals surface area contributed by atoms with Crippen LogP contribution in [0.25, 0.3) is 12.2 Å². The Balaban J connectivity index is 1.23. The van der Waals surface area contributed by atoms with Gasteiger partial charge < -0.3 is 0 Å². The van der Waals surface area contributed by atoms with Crippen LogP contribution in [-0.4, -0.2) is 0 Å². The Labute approximate surface area is 204 Å². The van der Waals surface area contributed by atoms with Crippen LogP contribution >= 0.6 is 0 Å². The van der Waals surface area contributed by atoms with E-state index in [9.17, 15) is 4.39 Å². The molecule has 3 aromatic rings. The molecule has 2 heteroatoms. The highest BCUT2D eigenvalue weighted by atomic mass is 19.1. The molecule has 0 unspecified atom stereocenters. The van der Waals surface area contributed by atoms with Gasteiger partial charge >= 0.3 is 0 Å². The molecule has 1 aliphatic carbocycles. The Morgan fingerprint density at radius 1 is 0.912 bits per heavy atom. The molecular weight excluding hydrogens is 417 g/mol. The third-order valence-corrected chi connectivity index (χ3v) is 7.42. The second-order valence-electron chi connectivity index (χ2n) is 9.90. The predicted octanol–water partition coefficient (Wildman–Crippen LogP) is 8.80. The van der Waals surface area contributed by atoms with E-state index in [0.717, 1.165) is 35.8 Å². The minimum atomic E-state index is -0.166. The van der Waals surface area contributed by atoms with Crippen LogP contribution in [0.5, 0.6) is 0 Å². The lowest BCUT2D eigenvalue weighted by Crippen LogP contribution is -2.17. The number of hydrogen-bond acceptors (Lipinski definition) is 1. The molecule has 0 spiro atoms. The number of halogens is 1. The van der Waals surface area contributed by atoms with Crippen LogP contribution in [0, 0.1) is 29.0 Å². The van der Waals surface area contributed by atoms with Gasteiger partial charge in [-0.2, -0.15) is 5.26 Å². The zero-order valence-corrected chi connectivity index (χ0v) is 20.1. The summed E-state index contributed by atoms with van der Waals surface area (Å²) in [5, 5.41) is 8.89. The molecule has 174 valence electrons. The van der Waals surface area contributed by atoms with E-state index in [1.807, 2.05) is 24.3 Å². The molecule has 1 atom stereocenters. The van der Waals surface area contributed by atoms with Crippen molar-refractivity contribution in [1.29, 1.82) is 5.26 Å². The largest absolute Gasteiger partial charge is 0.206 e. The maximum Gasteiger partial charge on any atom is 0.130 e. The van der Waals surface area contributed by atoms with E-state index in [2.05, 4.69) is 49.4 Å². The van der Waals surface area contributed by atoms with E-state index in [4.69, 9.17) is 5.26 Å². The Morgan fingerprint density at radius 2 is 1.62 bits per heavy atom. The van der Waals surface area contributed by atoms with Crippen LogP contribution < -0.4 is 0 Å². The molecule has 0 radical (unpaired) electrons. The van der Waals surface area contributed by atoms with E-state index >= 15 is 0 Å². The second kappa shape index (κ2) is 11.8. The molecule has 1 saturated carbocycles. The summed E-state index contributed by atoms with van der Waals surface area (Å²) in [5.41, 5.74) is 4.73. The zero-order valence-electron chi connectivity index (χ0n) is 20.1. The van der Waals surface area contributed by atoms with Gasteiger partial charge in [0.15, 0.2) is 0 Å². The first-order chi connectivity index (χ1) is 16.6. The molecule has 0 aromatic heterocycles. The summed E-state index contributed by atoms with van der Waals surface area (Å²) in [6, 6.07) is 25.9. The maximum absolute atomic E-state index is 14.7. The lowest BCUT2D eigenvalue weighted by atomic mass is 9.75. The summed E-state index contributed by atoms with van der Waals surface area (Å²) in [7, 11) is 0. The average molecular weight is 452 g/mol. The van der Waals surface area contributed by atoms with E-state index < -0.39 is 0 Å². The molecule has 0 saturated heterocycles. The summed E-state index contributed by atoms with van der Waals surface area (Å²) in [5.74, 6) is 2.07. The SMILES string of the molecule is C[C@H](CC1CCC(CCc2ccc(C=Cc3ccc(C#N)cc3)c(F)c2)CC1)c1ccccc1. The van der Waals surface area contributed by atoms with Crippen molar-refractivity contribution >= 4 is 12.2 Å². The van der Waals surface area contributed by atoms with Crippen molar-refractivity contribution in [2.45, 2.75) is 57.8 Å². The van der Waals surface area contributed by atoms with Gasteiger partial charge in [-0.1, -0.05) is 99.4 Å². The van der Waals surface area contributed by atoms with E-state index in [-0.39, 0.29) is 5.82 Å². The van der Waals surface area contributed by atoms with Gasteiger partial charge in [-0.15, -0.1) is 0 Å². The molecule has 0 amide bonds. The number of nitrogens with zero attached hydrogens (tertiary/aromatic N) is 1. The van der Waals surface area contributed by atoms with Crippen molar-refractivity contribution < 1.29 is 4.39 Å². The third kappa shape index (κ3) is 6.67. The van der Waals surface area contributed by atoms with Crippen LogP contribution in [0.2, 0.25) is 0 Å². The molecule has 0 N–H and O–H groups in total. The third-order valence-electron chi connectivity index (χ3n) is 7.42. The van der Waals surface area contributed by atoms with Crippen molar-refractivity contribution in [2.24, 2.45) is 11.8 Å². The first-order valence-electron chi connectivity index (χ1n) is 12.6. The maximum atomic E-state index is 14.7. The molecule has 1 fully saturated rings. The predicted molar refractivity (Wildman–Crippen MR) is 140 cm³/mol.